The number of carbonyl (C=O) groups excluding carboxylic acids is 1. The first-order valence-electron chi connectivity index (χ1n) is 5.82. The highest BCUT2D eigenvalue weighted by molar-refractivity contribution is 5.78. The fourth-order valence-electron chi connectivity index (χ4n) is 2.44. The molecule has 0 aromatic heterocycles. The molecule has 2 nitrogen and oxygen atoms in total. The van der Waals surface area contributed by atoms with Crippen LogP contribution in [-0.4, -0.2) is 11.9 Å². The van der Waals surface area contributed by atoms with Crippen molar-refractivity contribution in [2.24, 2.45) is 17.8 Å². The van der Waals surface area contributed by atoms with E-state index in [0.29, 0.717) is 17.9 Å². The molecule has 82 valence electrons. The van der Waals surface area contributed by atoms with Crippen molar-refractivity contribution in [2.75, 3.05) is 0 Å². The van der Waals surface area contributed by atoms with E-state index in [0.717, 1.165) is 12.8 Å². The average molecular weight is 205 g/mol. The van der Waals surface area contributed by atoms with Crippen LogP contribution >= 0.6 is 0 Å². The summed E-state index contributed by atoms with van der Waals surface area (Å²) >= 11 is 0. The van der Waals surface area contributed by atoms with Crippen molar-refractivity contribution < 1.29 is 4.79 Å². The van der Waals surface area contributed by atoms with Crippen molar-refractivity contribution >= 4 is 5.91 Å². The van der Waals surface area contributed by atoms with E-state index < -0.39 is 0 Å². The number of carbonyl (C=O) groups is 1. The first kappa shape index (κ1) is 10.5. The van der Waals surface area contributed by atoms with E-state index in [2.05, 4.69) is 29.6 Å². The fraction of sp³-hybridized carbons (Fsp3) is 0.615. The quantitative estimate of drug-likeness (QED) is 0.736. The third-order valence-electron chi connectivity index (χ3n) is 3.36. The number of amides is 1. The van der Waals surface area contributed by atoms with Gasteiger partial charge in [-0.15, -0.1) is 0 Å². The minimum Gasteiger partial charge on any atom is -0.353 e. The average Bonchev–Trinajstić information content (AvgIpc) is 2.59. The van der Waals surface area contributed by atoms with Gasteiger partial charge in [0.2, 0.25) is 5.91 Å². The summed E-state index contributed by atoms with van der Waals surface area (Å²) in [4.78, 5) is 11.6. The van der Waals surface area contributed by atoms with Gasteiger partial charge in [-0.2, -0.15) is 0 Å². The monoisotopic (exact) mass is 205 g/mol. The van der Waals surface area contributed by atoms with E-state index in [1.807, 2.05) is 13.8 Å². The summed E-state index contributed by atoms with van der Waals surface area (Å²) in [7, 11) is 0. The van der Waals surface area contributed by atoms with Crippen LogP contribution in [0.5, 0.6) is 0 Å². The summed E-state index contributed by atoms with van der Waals surface area (Å²) in [6, 6.07) is 0.377. The number of fused-ring (bicyclic) bond motifs is 1. The van der Waals surface area contributed by atoms with Gasteiger partial charge in [-0.1, -0.05) is 38.2 Å². The normalized spacial score (nSPS) is 33.1. The molecule has 0 radical (unpaired) electrons. The smallest absolute Gasteiger partial charge is 0.222 e. The Kier molecular flexibility index (Phi) is 2.94. The molecule has 0 heterocycles. The molecule has 2 rings (SSSR count). The zero-order valence-corrected chi connectivity index (χ0v) is 9.44. The highest BCUT2D eigenvalue weighted by Crippen LogP contribution is 2.35. The van der Waals surface area contributed by atoms with E-state index in [-0.39, 0.29) is 11.8 Å². The zero-order valence-electron chi connectivity index (χ0n) is 9.44. The summed E-state index contributed by atoms with van der Waals surface area (Å²) < 4.78 is 0. The molecule has 0 bridgehead atoms. The van der Waals surface area contributed by atoms with E-state index in [4.69, 9.17) is 0 Å². The van der Waals surface area contributed by atoms with Gasteiger partial charge in [-0.05, 0) is 24.7 Å². The number of rotatable bonds is 2. The minimum atomic E-state index is 0.0960. The number of hydrogen-bond acceptors (Lipinski definition) is 1. The molecule has 1 amide bonds. The van der Waals surface area contributed by atoms with Crippen LogP contribution in [0, 0.1) is 17.8 Å². The molecule has 2 unspecified atom stereocenters. The lowest BCUT2D eigenvalue weighted by molar-refractivity contribution is -0.124. The van der Waals surface area contributed by atoms with Crippen molar-refractivity contribution in [3.8, 4) is 0 Å². The summed E-state index contributed by atoms with van der Waals surface area (Å²) in [5.41, 5.74) is 0. The Morgan fingerprint density at radius 3 is 2.20 bits per heavy atom. The molecule has 2 aliphatic carbocycles. The summed E-state index contributed by atoms with van der Waals surface area (Å²) in [5.74, 6) is 1.57. The van der Waals surface area contributed by atoms with E-state index >= 15 is 0 Å². The molecular formula is C13H19NO. The van der Waals surface area contributed by atoms with Crippen molar-refractivity contribution in [1.29, 1.82) is 0 Å². The molecule has 0 aliphatic heterocycles. The van der Waals surface area contributed by atoms with Gasteiger partial charge in [0.1, 0.15) is 0 Å². The molecule has 0 spiro atoms. The predicted octanol–water partition coefficient (Wildman–Crippen LogP) is 2.28. The van der Waals surface area contributed by atoms with Gasteiger partial charge >= 0.3 is 0 Å². The minimum absolute atomic E-state index is 0.0960. The van der Waals surface area contributed by atoms with Crippen molar-refractivity contribution in [1.82, 2.24) is 5.32 Å². The Labute approximate surface area is 91.4 Å². The van der Waals surface area contributed by atoms with E-state index in [1.165, 1.54) is 0 Å². The van der Waals surface area contributed by atoms with Gasteiger partial charge in [-0.3, -0.25) is 4.79 Å². The molecule has 2 atom stereocenters. The van der Waals surface area contributed by atoms with Gasteiger partial charge in [-0.25, -0.2) is 0 Å². The Morgan fingerprint density at radius 2 is 1.73 bits per heavy atom. The maximum atomic E-state index is 11.6. The standard InChI is InChI=1S/C13H19NO/c1-9(2)13(15)14-12-7-10-5-3-4-6-11(10)8-12/h3-6,9-12H,7-8H2,1-2H3,(H,14,15). The van der Waals surface area contributed by atoms with Crippen LogP contribution in [0.3, 0.4) is 0 Å². The third kappa shape index (κ3) is 2.31. The Hall–Kier alpha value is -1.05. The molecule has 0 saturated heterocycles. The second kappa shape index (κ2) is 4.21. The highest BCUT2D eigenvalue weighted by atomic mass is 16.1. The highest BCUT2D eigenvalue weighted by Gasteiger charge is 2.32. The third-order valence-corrected chi connectivity index (χ3v) is 3.36. The van der Waals surface area contributed by atoms with E-state index in [1.54, 1.807) is 0 Å². The van der Waals surface area contributed by atoms with Gasteiger partial charge in [0, 0.05) is 12.0 Å². The maximum Gasteiger partial charge on any atom is 0.222 e. The summed E-state index contributed by atoms with van der Waals surface area (Å²) in [6.45, 7) is 3.88. The van der Waals surface area contributed by atoms with Crippen molar-refractivity contribution in [3.05, 3.63) is 24.3 Å². The van der Waals surface area contributed by atoms with Gasteiger partial charge in [0.05, 0.1) is 0 Å². The molecule has 15 heavy (non-hydrogen) atoms. The molecule has 0 aromatic carbocycles. The second-order valence-corrected chi connectivity index (χ2v) is 4.93. The van der Waals surface area contributed by atoms with Gasteiger partial charge < -0.3 is 5.32 Å². The van der Waals surface area contributed by atoms with Gasteiger partial charge in [0.25, 0.3) is 0 Å². The Balaban J connectivity index is 1.90. The Bertz CT molecular complexity index is 284. The lowest BCUT2D eigenvalue weighted by atomic mass is 9.92. The van der Waals surface area contributed by atoms with Crippen molar-refractivity contribution in [3.63, 3.8) is 0 Å². The summed E-state index contributed by atoms with van der Waals surface area (Å²) in [6.07, 6.45) is 11.0. The molecule has 2 heteroatoms. The number of hydrogen-bond donors (Lipinski definition) is 1. The van der Waals surface area contributed by atoms with Gasteiger partial charge in [0.15, 0.2) is 0 Å². The molecule has 1 N–H and O–H groups in total. The maximum absolute atomic E-state index is 11.6. The van der Waals surface area contributed by atoms with E-state index in [9.17, 15) is 4.79 Å². The van der Waals surface area contributed by atoms with Crippen LogP contribution in [0.25, 0.3) is 0 Å². The largest absolute Gasteiger partial charge is 0.353 e. The summed E-state index contributed by atoms with van der Waals surface area (Å²) in [5, 5.41) is 3.13. The predicted molar refractivity (Wildman–Crippen MR) is 61.3 cm³/mol. The second-order valence-electron chi connectivity index (χ2n) is 4.93. The number of nitrogens with one attached hydrogen (secondary N) is 1. The fourth-order valence-corrected chi connectivity index (χ4v) is 2.44. The molecular weight excluding hydrogens is 186 g/mol. The molecule has 1 fully saturated rings. The lowest BCUT2D eigenvalue weighted by Crippen LogP contribution is -2.35. The van der Waals surface area contributed by atoms with Crippen LogP contribution in [0.2, 0.25) is 0 Å². The zero-order chi connectivity index (χ0) is 10.8. The van der Waals surface area contributed by atoms with Crippen LogP contribution in [0.15, 0.2) is 24.3 Å². The first-order chi connectivity index (χ1) is 7.16. The van der Waals surface area contributed by atoms with Crippen LogP contribution < -0.4 is 5.32 Å². The molecule has 1 saturated carbocycles. The first-order valence-corrected chi connectivity index (χ1v) is 5.82. The Morgan fingerprint density at radius 1 is 1.20 bits per heavy atom. The molecule has 2 aliphatic rings. The van der Waals surface area contributed by atoms with Crippen LogP contribution in [0.4, 0.5) is 0 Å². The molecule has 0 aromatic rings. The van der Waals surface area contributed by atoms with Crippen molar-refractivity contribution in [2.45, 2.75) is 32.7 Å². The SMILES string of the molecule is CC(C)C(=O)NC1CC2C=CC=CC2C1. The lowest BCUT2D eigenvalue weighted by Gasteiger charge is -2.14. The van der Waals surface area contributed by atoms with Crippen LogP contribution in [-0.2, 0) is 4.79 Å². The van der Waals surface area contributed by atoms with Crippen LogP contribution in [0.1, 0.15) is 26.7 Å². The topological polar surface area (TPSA) is 29.1 Å². The number of allylic oxidation sites excluding steroid dienone is 4.